The van der Waals surface area contributed by atoms with Gasteiger partial charge in [0.2, 0.25) is 0 Å². The van der Waals surface area contributed by atoms with E-state index in [9.17, 15) is 4.79 Å². The summed E-state index contributed by atoms with van der Waals surface area (Å²) in [4.78, 5) is 13.2. The Kier molecular flexibility index (Phi) is 10.3. The van der Waals surface area contributed by atoms with Gasteiger partial charge in [-0.2, -0.15) is 0 Å². The van der Waals surface area contributed by atoms with Gasteiger partial charge in [0.1, 0.15) is 11.5 Å². The topological polar surface area (TPSA) is 54.0 Å². The lowest BCUT2D eigenvalue weighted by molar-refractivity contribution is 0.0600. The lowest BCUT2D eigenvalue weighted by atomic mass is 10.2. The fourth-order valence-corrected chi connectivity index (χ4v) is 13.9. The molecule has 0 aliphatic carbocycles. The maximum absolute atomic E-state index is 13.2. The van der Waals surface area contributed by atoms with Gasteiger partial charge >= 0.3 is 22.6 Å². The van der Waals surface area contributed by atoms with E-state index in [0.29, 0.717) is 29.9 Å². The van der Waals surface area contributed by atoms with Crippen molar-refractivity contribution in [1.29, 1.82) is 0 Å². The fraction of sp³-hybridized carbons (Fsp3) is 0.205. The van der Waals surface area contributed by atoms with Crippen LogP contribution in [0.2, 0.25) is 5.04 Å². The van der Waals surface area contributed by atoms with Crippen LogP contribution in [0.1, 0.15) is 38.1 Å². The standard InChI is InChI=1S/C39H42O5Si2/c1-6-42-30-45(34-19-11-7-12-20-34,35-21-13-8-14-22-35)43-32-27-31(38(40)41-5)28-33(29-32)44-46(39(2,3)4,36-23-15-9-16-24-36)37-25-17-10-18-26-37/h7-29H,6,30H2,1-5H3. The number of carbonyl (C=O) groups excluding carboxylic acids is 1. The molecule has 0 fully saturated rings. The molecule has 0 atom stereocenters. The SMILES string of the molecule is CCOC[Si](Oc1cc(O[Si](c2ccccc2)(c2ccccc2)C(C)(C)C)cc(C(=O)OC)c1)(c1ccccc1)c1ccccc1. The molecule has 0 amide bonds. The molecule has 5 rings (SSSR count). The molecule has 0 unspecified atom stereocenters. The number of rotatable bonds is 12. The molecule has 0 spiro atoms. The average molecular weight is 647 g/mol. The summed E-state index contributed by atoms with van der Waals surface area (Å²) in [5.74, 6) is 0.608. The quantitative estimate of drug-likeness (QED) is 0.121. The van der Waals surface area contributed by atoms with E-state index in [1.807, 2.05) is 61.5 Å². The molecule has 5 aromatic carbocycles. The van der Waals surface area contributed by atoms with Crippen LogP contribution in [-0.4, -0.2) is 42.6 Å². The molecule has 5 aromatic rings. The van der Waals surface area contributed by atoms with Crippen molar-refractivity contribution in [1.82, 2.24) is 0 Å². The summed E-state index contributed by atoms with van der Waals surface area (Å²) >= 11 is 0. The molecule has 0 N–H and O–H groups in total. The number of esters is 1. The highest BCUT2D eigenvalue weighted by Crippen LogP contribution is 2.39. The molecule has 236 valence electrons. The summed E-state index contributed by atoms with van der Waals surface area (Å²) in [6, 6.07) is 46.8. The Morgan fingerprint density at radius 3 is 1.41 bits per heavy atom. The summed E-state index contributed by atoms with van der Waals surface area (Å²) in [5.41, 5.74) is 0.355. The Morgan fingerprint density at radius 1 is 0.609 bits per heavy atom. The predicted molar refractivity (Wildman–Crippen MR) is 191 cm³/mol. The zero-order valence-corrected chi connectivity index (χ0v) is 29.2. The minimum Gasteiger partial charge on any atom is -0.534 e. The number of carbonyl (C=O) groups is 1. The Bertz CT molecular complexity index is 1630. The summed E-state index contributed by atoms with van der Waals surface area (Å²) in [6.45, 7) is 9.22. The summed E-state index contributed by atoms with van der Waals surface area (Å²) in [5, 5.41) is 4.11. The normalized spacial score (nSPS) is 11.9. The molecule has 0 saturated carbocycles. The smallest absolute Gasteiger partial charge is 0.339 e. The van der Waals surface area contributed by atoms with Gasteiger partial charge < -0.3 is 18.3 Å². The third kappa shape index (κ3) is 6.72. The van der Waals surface area contributed by atoms with Crippen molar-refractivity contribution in [3.63, 3.8) is 0 Å². The van der Waals surface area contributed by atoms with Crippen LogP contribution in [-0.2, 0) is 9.47 Å². The van der Waals surface area contributed by atoms with Gasteiger partial charge in [-0.05, 0) is 44.8 Å². The Morgan fingerprint density at radius 2 is 1.02 bits per heavy atom. The zero-order chi connectivity index (χ0) is 32.6. The maximum Gasteiger partial charge on any atom is 0.339 e. The Balaban J connectivity index is 1.72. The van der Waals surface area contributed by atoms with Crippen LogP contribution in [0.5, 0.6) is 11.5 Å². The average Bonchev–Trinajstić information content (AvgIpc) is 3.09. The lowest BCUT2D eigenvalue weighted by Crippen LogP contribution is -2.68. The zero-order valence-electron chi connectivity index (χ0n) is 27.2. The van der Waals surface area contributed by atoms with Crippen molar-refractivity contribution in [3.05, 3.63) is 145 Å². The number of hydrogen-bond acceptors (Lipinski definition) is 5. The summed E-state index contributed by atoms with van der Waals surface area (Å²) in [6.07, 6.45) is 0.394. The first-order valence-corrected chi connectivity index (χ1v) is 19.7. The van der Waals surface area contributed by atoms with Gasteiger partial charge in [0.05, 0.1) is 18.9 Å². The van der Waals surface area contributed by atoms with E-state index in [2.05, 4.69) is 93.6 Å². The lowest BCUT2D eigenvalue weighted by Gasteiger charge is -2.43. The Hall–Kier alpha value is -4.44. The highest BCUT2D eigenvalue weighted by atomic mass is 28.4. The predicted octanol–water partition coefficient (Wildman–Crippen LogP) is 6.13. The van der Waals surface area contributed by atoms with Gasteiger partial charge in [0, 0.05) is 12.7 Å². The first kappa shape index (κ1) is 32.9. The highest BCUT2D eigenvalue weighted by molar-refractivity contribution is 7.00. The molecule has 0 radical (unpaired) electrons. The minimum absolute atomic E-state index is 0.278. The monoisotopic (exact) mass is 646 g/mol. The van der Waals surface area contributed by atoms with Gasteiger partial charge in [-0.15, -0.1) is 0 Å². The molecule has 0 aromatic heterocycles. The van der Waals surface area contributed by atoms with E-state index in [1.165, 1.54) is 7.11 Å². The second-order valence-electron chi connectivity index (χ2n) is 12.2. The van der Waals surface area contributed by atoms with E-state index < -0.39 is 22.6 Å². The first-order chi connectivity index (χ1) is 22.2. The van der Waals surface area contributed by atoms with E-state index in [1.54, 1.807) is 12.1 Å². The van der Waals surface area contributed by atoms with Crippen LogP contribution < -0.4 is 29.6 Å². The third-order valence-corrected chi connectivity index (χ3v) is 16.9. The molecule has 0 aliphatic rings. The van der Waals surface area contributed by atoms with Crippen molar-refractivity contribution in [2.45, 2.75) is 32.7 Å². The second kappa shape index (κ2) is 14.3. The van der Waals surface area contributed by atoms with Gasteiger partial charge in [-0.3, -0.25) is 0 Å². The van der Waals surface area contributed by atoms with Crippen molar-refractivity contribution in [2.75, 3.05) is 19.9 Å². The molecular formula is C39H42O5Si2. The number of methoxy groups -OCH3 is 1. The summed E-state index contributed by atoms with van der Waals surface area (Å²) in [7, 11) is -4.66. The highest BCUT2D eigenvalue weighted by Gasteiger charge is 2.52. The van der Waals surface area contributed by atoms with Crippen molar-refractivity contribution < 1.29 is 23.1 Å². The number of ether oxygens (including phenoxy) is 2. The van der Waals surface area contributed by atoms with Gasteiger partial charge in [0.25, 0.3) is 0 Å². The minimum atomic E-state index is -3.04. The van der Waals surface area contributed by atoms with E-state index >= 15 is 0 Å². The third-order valence-electron chi connectivity index (χ3n) is 8.27. The molecule has 0 heterocycles. The molecule has 5 nitrogen and oxygen atoms in total. The number of hydrogen-bond donors (Lipinski definition) is 0. The van der Waals surface area contributed by atoms with Crippen LogP contribution >= 0.6 is 0 Å². The van der Waals surface area contributed by atoms with E-state index in [-0.39, 0.29) is 5.04 Å². The van der Waals surface area contributed by atoms with Gasteiger partial charge in [-0.1, -0.05) is 142 Å². The van der Waals surface area contributed by atoms with Crippen LogP contribution in [0.4, 0.5) is 0 Å². The van der Waals surface area contributed by atoms with Crippen LogP contribution in [0, 0.1) is 0 Å². The van der Waals surface area contributed by atoms with E-state index in [0.717, 1.165) is 20.7 Å². The van der Waals surface area contributed by atoms with Crippen LogP contribution in [0.25, 0.3) is 0 Å². The van der Waals surface area contributed by atoms with Gasteiger partial charge in [0.15, 0.2) is 0 Å². The van der Waals surface area contributed by atoms with E-state index in [4.69, 9.17) is 18.3 Å². The molecule has 46 heavy (non-hydrogen) atoms. The molecular weight excluding hydrogens is 605 g/mol. The fourth-order valence-electron chi connectivity index (χ4n) is 6.09. The molecule has 0 saturated heterocycles. The van der Waals surface area contributed by atoms with Crippen molar-refractivity contribution in [2.24, 2.45) is 0 Å². The number of benzene rings is 5. The Labute approximate surface area is 275 Å². The van der Waals surface area contributed by atoms with Crippen molar-refractivity contribution >= 4 is 43.4 Å². The van der Waals surface area contributed by atoms with Gasteiger partial charge in [-0.25, -0.2) is 4.79 Å². The summed E-state index contributed by atoms with van der Waals surface area (Å²) < 4.78 is 26.0. The largest absolute Gasteiger partial charge is 0.534 e. The van der Waals surface area contributed by atoms with Crippen LogP contribution in [0.15, 0.2) is 140 Å². The molecule has 0 aliphatic heterocycles. The van der Waals surface area contributed by atoms with Crippen LogP contribution in [0.3, 0.4) is 0 Å². The second-order valence-corrected chi connectivity index (χ2v) is 19.8. The van der Waals surface area contributed by atoms with Crippen molar-refractivity contribution in [3.8, 4) is 11.5 Å². The maximum atomic E-state index is 13.2. The molecule has 7 heteroatoms. The molecule has 0 bridgehead atoms. The first-order valence-electron chi connectivity index (χ1n) is 15.6.